The highest BCUT2D eigenvalue weighted by Crippen LogP contribution is 2.26. The van der Waals surface area contributed by atoms with Crippen LogP contribution in [0.3, 0.4) is 0 Å². The number of ether oxygens (including phenoxy) is 1. The molecule has 0 aliphatic heterocycles. The van der Waals surface area contributed by atoms with Crippen LogP contribution in [0.5, 0.6) is 5.75 Å². The Hall–Kier alpha value is -3.65. The number of carbonyl (C=O) groups excluding carboxylic acids is 2. The topological polar surface area (TPSA) is 79.8 Å². The molecule has 4 aromatic rings. The Morgan fingerprint density at radius 1 is 0.914 bits per heavy atom. The molecule has 6 nitrogen and oxygen atoms in total. The Kier molecular flexibility index (Phi) is 8.15. The number of nitrogens with one attached hydrogen (secondary N) is 2. The van der Waals surface area contributed by atoms with Crippen molar-refractivity contribution in [2.75, 3.05) is 5.32 Å². The van der Waals surface area contributed by atoms with Crippen molar-refractivity contribution < 1.29 is 14.3 Å². The van der Waals surface area contributed by atoms with Crippen LogP contribution in [-0.2, 0) is 6.61 Å². The van der Waals surface area contributed by atoms with Crippen LogP contribution in [0, 0.1) is 0 Å². The van der Waals surface area contributed by atoms with E-state index < -0.39 is 5.91 Å². The number of thiophene rings is 1. The van der Waals surface area contributed by atoms with Gasteiger partial charge in [0.25, 0.3) is 11.8 Å². The van der Waals surface area contributed by atoms with Gasteiger partial charge in [0.1, 0.15) is 12.4 Å². The average Bonchev–Trinajstić information content (AvgIpc) is 3.40. The van der Waals surface area contributed by atoms with E-state index >= 15 is 0 Å². The van der Waals surface area contributed by atoms with Gasteiger partial charge in [-0.05, 0) is 53.4 Å². The van der Waals surface area contributed by atoms with Crippen LogP contribution in [0.15, 0.2) is 89.3 Å². The van der Waals surface area contributed by atoms with Crippen molar-refractivity contribution in [1.29, 1.82) is 0 Å². The molecule has 0 aliphatic rings. The maximum Gasteiger partial charge on any atom is 0.273 e. The van der Waals surface area contributed by atoms with E-state index in [1.807, 2.05) is 17.5 Å². The molecule has 0 radical (unpaired) electrons. The molecule has 4 rings (SSSR count). The van der Waals surface area contributed by atoms with E-state index in [9.17, 15) is 9.59 Å². The first-order valence-corrected chi connectivity index (χ1v) is 12.1. The van der Waals surface area contributed by atoms with Crippen LogP contribution in [0.2, 0.25) is 10.0 Å². The van der Waals surface area contributed by atoms with Gasteiger partial charge < -0.3 is 10.1 Å². The summed E-state index contributed by atoms with van der Waals surface area (Å²) < 4.78 is 5.82. The van der Waals surface area contributed by atoms with E-state index in [1.54, 1.807) is 66.7 Å². The average molecular weight is 524 g/mol. The molecule has 2 amide bonds. The summed E-state index contributed by atoms with van der Waals surface area (Å²) in [6.45, 7) is 0.212. The SMILES string of the molecule is O=C(Nc1ccccc1C(=O)N/N=C\c1cccc(OCc2c(Cl)cccc2Cl)c1)c1cccs1. The van der Waals surface area contributed by atoms with Gasteiger partial charge in [-0.2, -0.15) is 5.10 Å². The highest BCUT2D eigenvalue weighted by atomic mass is 35.5. The monoisotopic (exact) mass is 523 g/mol. The minimum atomic E-state index is -0.455. The molecule has 0 saturated heterocycles. The summed E-state index contributed by atoms with van der Waals surface area (Å²) in [7, 11) is 0. The maximum absolute atomic E-state index is 12.7. The Morgan fingerprint density at radius 3 is 2.46 bits per heavy atom. The molecule has 0 saturated carbocycles. The van der Waals surface area contributed by atoms with Crippen LogP contribution in [0.4, 0.5) is 5.69 Å². The lowest BCUT2D eigenvalue weighted by Gasteiger charge is -2.10. The number of halogens is 2. The van der Waals surface area contributed by atoms with Crippen molar-refractivity contribution >= 4 is 58.3 Å². The van der Waals surface area contributed by atoms with E-state index in [0.717, 1.165) is 0 Å². The third-order valence-electron chi connectivity index (χ3n) is 4.85. The van der Waals surface area contributed by atoms with Crippen molar-refractivity contribution in [3.8, 4) is 5.75 Å². The fourth-order valence-corrected chi connectivity index (χ4v) is 4.24. The lowest BCUT2D eigenvalue weighted by molar-refractivity contribution is 0.0956. The van der Waals surface area contributed by atoms with E-state index in [0.29, 0.717) is 43.0 Å². The predicted octanol–water partition coefficient (Wildman–Crippen LogP) is 6.65. The van der Waals surface area contributed by atoms with E-state index in [1.165, 1.54) is 17.6 Å². The smallest absolute Gasteiger partial charge is 0.273 e. The molecular weight excluding hydrogens is 505 g/mol. The zero-order chi connectivity index (χ0) is 24.6. The first kappa shape index (κ1) is 24.5. The standard InChI is InChI=1S/C26H19Cl2N3O3S/c27-21-9-4-10-22(28)20(21)16-34-18-7-3-6-17(14-18)15-29-31-25(32)19-8-1-2-11-23(19)30-26(33)24-12-5-13-35-24/h1-15H,16H2,(H,30,33)(H,31,32)/b29-15-. The first-order chi connectivity index (χ1) is 17.0. The van der Waals surface area contributed by atoms with Crippen molar-refractivity contribution in [3.05, 3.63) is 116 Å². The fourth-order valence-electron chi connectivity index (χ4n) is 3.12. The lowest BCUT2D eigenvalue weighted by atomic mass is 10.1. The number of hydrogen-bond acceptors (Lipinski definition) is 5. The van der Waals surface area contributed by atoms with Crippen LogP contribution in [0.25, 0.3) is 0 Å². The summed E-state index contributed by atoms with van der Waals surface area (Å²) >= 11 is 13.7. The number of benzene rings is 3. The molecule has 0 spiro atoms. The second-order valence-corrected chi connectivity index (χ2v) is 9.00. The summed E-state index contributed by atoms with van der Waals surface area (Å²) in [6, 6.07) is 22.7. The van der Waals surface area contributed by atoms with Crippen molar-refractivity contribution in [2.24, 2.45) is 5.10 Å². The van der Waals surface area contributed by atoms with Gasteiger partial charge in [-0.15, -0.1) is 11.3 Å². The van der Waals surface area contributed by atoms with Crippen molar-refractivity contribution in [3.63, 3.8) is 0 Å². The normalized spacial score (nSPS) is 10.8. The van der Waals surface area contributed by atoms with Gasteiger partial charge in [0, 0.05) is 15.6 Å². The molecule has 35 heavy (non-hydrogen) atoms. The molecule has 0 aliphatic carbocycles. The molecule has 1 heterocycles. The van der Waals surface area contributed by atoms with E-state index in [4.69, 9.17) is 27.9 Å². The Morgan fingerprint density at radius 2 is 1.69 bits per heavy atom. The molecule has 176 valence electrons. The van der Waals surface area contributed by atoms with Gasteiger partial charge in [0.05, 0.1) is 22.3 Å². The van der Waals surface area contributed by atoms with Gasteiger partial charge in [-0.3, -0.25) is 9.59 Å². The molecular formula is C26H19Cl2N3O3S. The predicted molar refractivity (Wildman–Crippen MR) is 141 cm³/mol. The molecule has 1 aromatic heterocycles. The molecule has 3 aromatic carbocycles. The number of hydrogen-bond donors (Lipinski definition) is 2. The van der Waals surface area contributed by atoms with Crippen LogP contribution in [0.1, 0.15) is 31.2 Å². The third-order valence-corrected chi connectivity index (χ3v) is 6.42. The lowest BCUT2D eigenvalue weighted by Crippen LogP contribution is -2.21. The van der Waals surface area contributed by atoms with Crippen LogP contribution >= 0.6 is 34.5 Å². The van der Waals surface area contributed by atoms with E-state index in [-0.39, 0.29) is 12.5 Å². The molecule has 0 fully saturated rings. The Bertz CT molecular complexity index is 1350. The van der Waals surface area contributed by atoms with Gasteiger partial charge >= 0.3 is 0 Å². The summed E-state index contributed by atoms with van der Waals surface area (Å²) in [5.41, 5.74) is 4.60. The molecule has 0 atom stereocenters. The van der Waals surface area contributed by atoms with Crippen LogP contribution in [-0.4, -0.2) is 18.0 Å². The van der Waals surface area contributed by atoms with E-state index in [2.05, 4.69) is 15.8 Å². The third kappa shape index (κ3) is 6.48. The van der Waals surface area contributed by atoms with Gasteiger partial charge in [-0.25, -0.2) is 5.43 Å². The zero-order valence-corrected chi connectivity index (χ0v) is 20.5. The Balaban J connectivity index is 1.38. The largest absolute Gasteiger partial charge is 0.489 e. The second-order valence-electron chi connectivity index (χ2n) is 7.24. The fraction of sp³-hybridized carbons (Fsp3) is 0.0385. The molecule has 0 unspecified atom stereocenters. The number of nitrogens with zero attached hydrogens (tertiary/aromatic N) is 1. The molecule has 0 bridgehead atoms. The number of anilines is 1. The molecule has 9 heteroatoms. The quantitative estimate of drug-likeness (QED) is 0.200. The Labute approximate surface area is 216 Å². The number of carbonyl (C=O) groups is 2. The number of para-hydroxylation sites is 1. The maximum atomic E-state index is 12.7. The number of rotatable bonds is 8. The van der Waals surface area contributed by atoms with Crippen molar-refractivity contribution in [1.82, 2.24) is 5.43 Å². The van der Waals surface area contributed by atoms with Gasteiger partial charge in [0.2, 0.25) is 0 Å². The minimum Gasteiger partial charge on any atom is -0.489 e. The number of hydrazone groups is 1. The van der Waals surface area contributed by atoms with Crippen LogP contribution < -0.4 is 15.5 Å². The molecule has 2 N–H and O–H groups in total. The van der Waals surface area contributed by atoms with Gasteiger partial charge in [0.15, 0.2) is 0 Å². The second kappa shape index (κ2) is 11.7. The zero-order valence-electron chi connectivity index (χ0n) is 18.2. The minimum absolute atomic E-state index is 0.212. The highest BCUT2D eigenvalue weighted by molar-refractivity contribution is 7.12. The number of amides is 2. The summed E-state index contributed by atoms with van der Waals surface area (Å²) in [6.07, 6.45) is 1.50. The summed E-state index contributed by atoms with van der Waals surface area (Å²) in [5.74, 6) is -0.138. The first-order valence-electron chi connectivity index (χ1n) is 10.4. The van der Waals surface area contributed by atoms with Crippen molar-refractivity contribution in [2.45, 2.75) is 6.61 Å². The highest BCUT2D eigenvalue weighted by Gasteiger charge is 2.14. The van der Waals surface area contributed by atoms with Gasteiger partial charge in [-0.1, -0.05) is 59.6 Å². The summed E-state index contributed by atoms with van der Waals surface area (Å²) in [5, 5.41) is 9.69. The summed E-state index contributed by atoms with van der Waals surface area (Å²) in [4.78, 5) is 25.6.